The lowest BCUT2D eigenvalue weighted by molar-refractivity contribution is 0.636. The molecule has 84 valence electrons. The number of hydrogen-bond acceptors (Lipinski definition) is 0. The van der Waals surface area contributed by atoms with Crippen molar-refractivity contribution in [1.82, 2.24) is 0 Å². The number of unbranched alkanes of at least 4 members (excludes halogenated alkanes) is 2. The third-order valence-electron chi connectivity index (χ3n) is 3.22. The van der Waals surface area contributed by atoms with Crippen molar-refractivity contribution < 1.29 is 0 Å². The van der Waals surface area contributed by atoms with E-state index in [1.165, 1.54) is 24.8 Å². The molecule has 0 aromatic heterocycles. The van der Waals surface area contributed by atoms with Gasteiger partial charge in [-0.1, -0.05) is 74.4 Å². The van der Waals surface area contributed by atoms with Gasteiger partial charge in [-0.3, -0.25) is 0 Å². The SMILES string of the molecule is CCCC/C=C/C1C=CC=C2C=CC=CC21. The molecule has 16 heavy (non-hydrogen) atoms. The number of allylic oxidation sites excluding steroid dienone is 10. The summed E-state index contributed by atoms with van der Waals surface area (Å²) in [4.78, 5) is 0. The molecule has 0 fully saturated rings. The number of rotatable bonds is 4. The lowest BCUT2D eigenvalue weighted by Gasteiger charge is -2.25. The fourth-order valence-corrected chi connectivity index (χ4v) is 2.26. The van der Waals surface area contributed by atoms with E-state index in [2.05, 4.69) is 61.6 Å². The Morgan fingerprint density at radius 1 is 1.19 bits per heavy atom. The van der Waals surface area contributed by atoms with Crippen molar-refractivity contribution in [3.63, 3.8) is 0 Å². The highest BCUT2D eigenvalue weighted by molar-refractivity contribution is 5.40. The van der Waals surface area contributed by atoms with Crippen LogP contribution in [0.1, 0.15) is 26.2 Å². The molecule has 0 aliphatic heterocycles. The minimum atomic E-state index is 0.554. The predicted molar refractivity (Wildman–Crippen MR) is 71.1 cm³/mol. The van der Waals surface area contributed by atoms with Crippen LogP contribution in [-0.2, 0) is 0 Å². The summed E-state index contributed by atoms with van der Waals surface area (Å²) in [5, 5.41) is 0. The lowest BCUT2D eigenvalue weighted by atomic mass is 9.79. The highest BCUT2D eigenvalue weighted by atomic mass is 14.2. The average Bonchev–Trinajstić information content (AvgIpc) is 2.35. The Kier molecular flexibility index (Phi) is 3.98. The molecule has 0 heterocycles. The minimum absolute atomic E-state index is 0.554. The van der Waals surface area contributed by atoms with Crippen LogP contribution in [0.25, 0.3) is 0 Å². The second kappa shape index (κ2) is 5.69. The normalized spacial score (nSPS) is 27.2. The summed E-state index contributed by atoms with van der Waals surface area (Å²) >= 11 is 0. The second-order valence-corrected chi connectivity index (χ2v) is 4.47. The van der Waals surface area contributed by atoms with Gasteiger partial charge in [0.05, 0.1) is 0 Å². The molecular formula is C16H20. The van der Waals surface area contributed by atoms with Crippen molar-refractivity contribution in [2.24, 2.45) is 11.8 Å². The maximum absolute atomic E-state index is 2.37. The number of fused-ring (bicyclic) bond motifs is 1. The third-order valence-corrected chi connectivity index (χ3v) is 3.22. The standard InChI is InChI=1S/C16H20/c1-2-3-4-5-9-14-11-8-12-15-10-6-7-13-16(14)15/h5-14,16H,2-4H2,1H3/b9-5+. The molecule has 0 N–H and O–H groups in total. The van der Waals surface area contributed by atoms with Crippen molar-refractivity contribution in [1.29, 1.82) is 0 Å². The molecule has 2 aliphatic rings. The van der Waals surface area contributed by atoms with Gasteiger partial charge in [0.15, 0.2) is 0 Å². The van der Waals surface area contributed by atoms with E-state index in [0.717, 1.165) is 0 Å². The average molecular weight is 212 g/mol. The van der Waals surface area contributed by atoms with Crippen molar-refractivity contribution in [3.05, 3.63) is 60.3 Å². The molecule has 2 rings (SSSR count). The van der Waals surface area contributed by atoms with Gasteiger partial charge in [-0.15, -0.1) is 0 Å². The summed E-state index contributed by atoms with van der Waals surface area (Å²) in [5.74, 6) is 1.12. The highest BCUT2D eigenvalue weighted by Crippen LogP contribution is 2.31. The summed E-state index contributed by atoms with van der Waals surface area (Å²) < 4.78 is 0. The topological polar surface area (TPSA) is 0 Å². The van der Waals surface area contributed by atoms with Crippen LogP contribution in [0.2, 0.25) is 0 Å². The maximum Gasteiger partial charge on any atom is 0.0119 e. The molecule has 0 nitrogen and oxygen atoms in total. The van der Waals surface area contributed by atoms with Gasteiger partial charge < -0.3 is 0 Å². The molecule has 0 saturated heterocycles. The highest BCUT2D eigenvalue weighted by Gasteiger charge is 2.20. The van der Waals surface area contributed by atoms with Gasteiger partial charge in [0.25, 0.3) is 0 Å². The molecule has 0 heteroatoms. The van der Waals surface area contributed by atoms with E-state index >= 15 is 0 Å². The first-order valence-corrected chi connectivity index (χ1v) is 6.31. The Bertz CT molecular complexity index is 363. The Labute approximate surface area is 98.8 Å². The number of hydrogen-bond donors (Lipinski definition) is 0. The van der Waals surface area contributed by atoms with Gasteiger partial charge >= 0.3 is 0 Å². The van der Waals surface area contributed by atoms with Gasteiger partial charge in [0, 0.05) is 11.8 Å². The van der Waals surface area contributed by atoms with Crippen molar-refractivity contribution in [3.8, 4) is 0 Å². The largest absolute Gasteiger partial charge is 0.0879 e. The van der Waals surface area contributed by atoms with Crippen LogP contribution in [0.4, 0.5) is 0 Å². The van der Waals surface area contributed by atoms with E-state index in [1.54, 1.807) is 0 Å². The molecule has 0 aromatic rings. The summed E-state index contributed by atoms with van der Waals surface area (Å²) in [7, 11) is 0. The minimum Gasteiger partial charge on any atom is -0.0879 e. The van der Waals surface area contributed by atoms with E-state index < -0.39 is 0 Å². The Balaban J connectivity index is 1.99. The van der Waals surface area contributed by atoms with E-state index in [9.17, 15) is 0 Å². The zero-order chi connectivity index (χ0) is 11.2. The van der Waals surface area contributed by atoms with Gasteiger partial charge in [0.1, 0.15) is 0 Å². The van der Waals surface area contributed by atoms with Gasteiger partial charge in [-0.25, -0.2) is 0 Å². The zero-order valence-electron chi connectivity index (χ0n) is 9.97. The maximum atomic E-state index is 2.37. The molecule has 0 bridgehead atoms. The molecular weight excluding hydrogens is 192 g/mol. The lowest BCUT2D eigenvalue weighted by Crippen LogP contribution is -2.14. The van der Waals surface area contributed by atoms with E-state index in [-0.39, 0.29) is 0 Å². The first kappa shape index (κ1) is 11.2. The third kappa shape index (κ3) is 2.63. The first-order chi connectivity index (χ1) is 7.92. The van der Waals surface area contributed by atoms with E-state index in [1.807, 2.05) is 0 Å². The quantitative estimate of drug-likeness (QED) is 0.472. The van der Waals surface area contributed by atoms with Crippen molar-refractivity contribution >= 4 is 0 Å². The van der Waals surface area contributed by atoms with Gasteiger partial charge in [-0.2, -0.15) is 0 Å². The van der Waals surface area contributed by atoms with Crippen LogP contribution in [0.3, 0.4) is 0 Å². The van der Waals surface area contributed by atoms with Crippen LogP contribution in [0.15, 0.2) is 60.3 Å². The molecule has 0 spiro atoms. The van der Waals surface area contributed by atoms with Crippen LogP contribution >= 0.6 is 0 Å². The molecule has 0 radical (unpaired) electrons. The molecule has 2 aliphatic carbocycles. The monoisotopic (exact) mass is 212 g/mol. The fourth-order valence-electron chi connectivity index (χ4n) is 2.26. The first-order valence-electron chi connectivity index (χ1n) is 6.31. The summed E-state index contributed by atoms with van der Waals surface area (Å²) in [5.41, 5.74) is 1.44. The van der Waals surface area contributed by atoms with Crippen LogP contribution in [0, 0.1) is 11.8 Å². The Morgan fingerprint density at radius 3 is 3.00 bits per heavy atom. The van der Waals surface area contributed by atoms with Gasteiger partial charge in [-0.05, 0) is 12.0 Å². The van der Waals surface area contributed by atoms with Crippen LogP contribution in [-0.4, -0.2) is 0 Å². The van der Waals surface area contributed by atoms with Crippen LogP contribution < -0.4 is 0 Å². The summed E-state index contributed by atoms with van der Waals surface area (Å²) in [6.45, 7) is 2.24. The molecule has 0 saturated carbocycles. The molecule has 0 amide bonds. The smallest absolute Gasteiger partial charge is 0.0119 e. The van der Waals surface area contributed by atoms with E-state index in [0.29, 0.717) is 11.8 Å². The predicted octanol–water partition coefficient (Wildman–Crippen LogP) is 4.59. The van der Waals surface area contributed by atoms with Crippen molar-refractivity contribution in [2.45, 2.75) is 26.2 Å². The molecule has 2 atom stereocenters. The van der Waals surface area contributed by atoms with Gasteiger partial charge in [0.2, 0.25) is 0 Å². The summed E-state index contributed by atoms with van der Waals surface area (Å²) in [6, 6.07) is 0. The second-order valence-electron chi connectivity index (χ2n) is 4.47. The Hall–Kier alpha value is -1.30. The molecule has 0 aromatic carbocycles. The fraction of sp³-hybridized carbons (Fsp3) is 0.375. The van der Waals surface area contributed by atoms with Crippen LogP contribution in [0.5, 0.6) is 0 Å². The molecule has 2 unspecified atom stereocenters. The van der Waals surface area contributed by atoms with Crippen molar-refractivity contribution in [2.75, 3.05) is 0 Å². The summed E-state index contributed by atoms with van der Waals surface area (Å²) in [6.07, 6.45) is 24.0. The van der Waals surface area contributed by atoms with E-state index in [4.69, 9.17) is 0 Å². The Morgan fingerprint density at radius 2 is 2.12 bits per heavy atom. The zero-order valence-corrected chi connectivity index (χ0v) is 9.97.